The van der Waals surface area contributed by atoms with Crippen LogP contribution in [-0.2, 0) is 16.6 Å². The predicted molar refractivity (Wildman–Crippen MR) is 123 cm³/mol. The van der Waals surface area contributed by atoms with Gasteiger partial charge in [-0.1, -0.05) is 37.8 Å². The van der Waals surface area contributed by atoms with Crippen LogP contribution in [0.3, 0.4) is 0 Å². The van der Waals surface area contributed by atoms with Crippen molar-refractivity contribution in [1.29, 1.82) is 0 Å². The molecule has 0 radical (unpaired) electrons. The van der Waals surface area contributed by atoms with Gasteiger partial charge in [-0.25, -0.2) is 0 Å². The van der Waals surface area contributed by atoms with Crippen LogP contribution in [-0.4, -0.2) is 36.2 Å². The molecular weight excluding hydrogens is 386 g/mol. The van der Waals surface area contributed by atoms with Crippen LogP contribution in [0.5, 0.6) is 5.75 Å². The summed E-state index contributed by atoms with van der Waals surface area (Å²) in [4.78, 5) is 13.4. The van der Waals surface area contributed by atoms with Gasteiger partial charge in [-0.2, -0.15) is 0 Å². The Morgan fingerprint density at radius 1 is 1.13 bits per heavy atom. The second-order valence-corrected chi connectivity index (χ2v) is 9.49. The van der Waals surface area contributed by atoms with Crippen molar-refractivity contribution >= 4 is 5.97 Å². The van der Waals surface area contributed by atoms with Gasteiger partial charge in [-0.3, -0.25) is 9.69 Å². The second-order valence-electron chi connectivity index (χ2n) is 9.49. The fraction of sp³-hybridized carbons (Fsp3) is 0.444. The smallest absolute Gasteiger partial charge is 0.307 e. The van der Waals surface area contributed by atoms with Crippen molar-refractivity contribution < 1.29 is 14.6 Å². The van der Waals surface area contributed by atoms with Gasteiger partial charge in [0, 0.05) is 28.8 Å². The standard InChI is InChI=1S/C27H31NO3/c1-27(2)14-13-23(28(3)21-11-12-21)26-22(27)15-20(16-24(26)31-4)10-7-18-5-8-19(9-6-18)17-25(29)30/h5-6,8-9,15-16,21,23H,11-14,17H2,1-4H3,(H,29,30). The number of hydrogen-bond acceptors (Lipinski definition) is 3. The highest BCUT2D eigenvalue weighted by molar-refractivity contribution is 5.70. The summed E-state index contributed by atoms with van der Waals surface area (Å²) in [7, 11) is 4.01. The van der Waals surface area contributed by atoms with Crippen molar-refractivity contribution in [2.24, 2.45) is 0 Å². The molecule has 4 nitrogen and oxygen atoms in total. The average molecular weight is 418 g/mol. The molecule has 1 N–H and O–H groups in total. The van der Waals surface area contributed by atoms with Crippen molar-refractivity contribution in [1.82, 2.24) is 4.90 Å². The number of fused-ring (bicyclic) bond motifs is 1. The van der Waals surface area contributed by atoms with Crippen LogP contribution in [0.15, 0.2) is 36.4 Å². The Morgan fingerprint density at radius 2 is 1.81 bits per heavy atom. The van der Waals surface area contributed by atoms with Crippen LogP contribution in [0.2, 0.25) is 0 Å². The fourth-order valence-electron chi connectivity index (χ4n) is 4.72. The van der Waals surface area contributed by atoms with Gasteiger partial charge < -0.3 is 9.84 Å². The maximum Gasteiger partial charge on any atom is 0.307 e. The fourth-order valence-corrected chi connectivity index (χ4v) is 4.72. The lowest BCUT2D eigenvalue weighted by Crippen LogP contribution is -2.35. The SMILES string of the molecule is COc1cc(C#Cc2ccc(CC(=O)O)cc2)cc2c1C(N(C)C1CC1)CCC2(C)C. The molecule has 162 valence electrons. The number of benzene rings is 2. The third-order valence-electron chi connectivity index (χ3n) is 6.74. The first-order valence-corrected chi connectivity index (χ1v) is 11.1. The maximum absolute atomic E-state index is 10.9. The molecule has 0 amide bonds. The zero-order chi connectivity index (χ0) is 22.2. The van der Waals surface area contributed by atoms with E-state index in [0.29, 0.717) is 12.1 Å². The molecule has 0 heterocycles. The predicted octanol–water partition coefficient (Wildman–Crippen LogP) is 4.93. The van der Waals surface area contributed by atoms with E-state index in [-0.39, 0.29) is 11.8 Å². The van der Waals surface area contributed by atoms with Crippen molar-refractivity contribution in [2.75, 3.05) is 14.2 Å². The van der Waals surface area contributed by atoms with Gasteiger partial charge in [0.2, 0.25) is 0 Å². The molecule has 0 aromatic heterocycles. The topological polar surface area (TPSA) is 49.8 Å². The third-order valence-corrected chi connectivity index (χ3v) is 6.74. The van der Waals surface area contributed by atoms with Gasteiger partial charge in [0.05, 0.1) is 13.5 Å². The molecular formula is C27H31NO3. The van der Waals surface area contributed by atoms with Gasteiger partial charge in [0.1, 0.15) is 5.75 Å². The Hall–Kier alpha value is -2.77. The van der Waals surface area contributed by atoms with Crippen molar-refractivity contribution in [2.45, 2.75) is 63.5 Å². The van der Waals surface area contributed by atoms with E-state index >= 15 is 0 Å². The molecule has 4 rings (SSSR count). The highest BCUT2D eigenvalue weighted by Gasteiger charge is 2.40. The van der Waals surface area contributed by atoms with E-state index in [0.717, 1.165) is 35.3 Å². The quantitative estimate of drug-likeness (QED) is 0.701. The number of nitrogens with zero attached hydrogens (tertiary/aromatic N) is 1. The monoisotopic (exact) mass is 417 g/mol. The largest absolute Gasteiger partial charge is 0.496 e. The zero-order valence-corrected chi connectivity index (χ0v) is 18.9. The number of rotatable bonds is 5. The normalized spacial score (nSPS) is 19.3. The molecule has 31 heavy (non-hydrogen) atoms. The second kappa shape index (κ2) is 8.40. The number of carboxylic acid groups (broad SMARTS) is 1. The Balaban J connectivity index is 1.68. The molecule has 1 atom stereocenters. The average Bonchev–Trinajstić information content (AvgIpc) is 3.57. The Kier molecular flexibility index (Phi) is 5.81. The molecule has 0 spiro atoms. The molecule has 0 aliphatic heterocycles. The Morgan fingerprint density at radius 3 is 2.42 bits per heavy atom. The van der Waals surface area contributed by atoms with Crippen LogP contribution < -0.4 is 4.74 Å². The number of methoxy groups -OCH3 is 1. The van der Waals surface area contributed by atoms with Crippen LogP contribution in [0.25, 0.3) is 0 Å². The molecule has 0 saturated heterocycles. The lowest BCUT2D eigenvalue weighted by Gasteiger charge is -2.41. The number of aliphatic carboxylic acids is 1. The summed E-state index contributed by atoms with van der Waals surface area (Å²) in [5, 5.41) is 8.92. The lowest BCUT2D eigenvalue weighted by atomic mass is 9.70. The Labute approximate surface area is 185 Å². The first-order chi connectivity index (χ1) is 14.8. The van der Waals surface area contributed by atoms with E-state index < -0.39 is 5.97 Å². The van der Waals surface area contributed by atoms with E-state index in [1.165, 1.54) is 24.0 Å². The van der Waals surface area contributed by atoms with Crippen LogP contribution in [0.1, 0.15) is 73.4 Å². The number of ether oxygens (including phenoxy) is 1. The summed E-state index contributed by atoms with van der Waals surface area (Å²) >= 11 is 0. The molecule has 4 heteroatoms. The van der Waals surface area contributed by atoms with Crippen LogP contribution in [0, 0.1) is 11.8 Å². The summed E-state index contributed by atoms with van der Waals surface area (Å²) in [5.74, 6) is 6.64. The summed E-state index contributed by atoms with van der Waals surface area (Å²) in [5.41, 5.74) is 5.36. The molecule has 0 bridgehead atoms. The Bertz CT molecular complexity index is 1040. The molecule has 2 aromatic carbocycles. The van der Waals surface area contributed by atoms with E-state index in [1.807, 2.05) is 24.3 Å². The minimum atomic E-state index is -0.826. The zero-order valence-electron chi connectivity index (χ0n) is 18.9. The molecule has 1 unspecified atom stereocenters. The molecule has 2 aliphatic carbocycles. The highest BCUT2D eigenvalue weighted by Crippen LogP contribution is 2.49. The third kappa shape index (κ3) is 4.62. The van der Waals surface area contributed by atoms with E-state index in [2.05, 4.69) is 49.8 Å². The van der Waals surface area contributed by atoms with Crippen molar-refractivity contribution in [3.63, 3.8) is 0 Å². The molecule has 2 aromatic rings. The van der Waals surface area contributed by atoms with Crippen LogP contribution >= 0.6 is 0 Å². The van der Waals surface area contributed by atoms with Gasteiger partial charge in [0.15, 0.2) is 0 Å². The maximum atomic E-state index is 10.9. The van der Waals surface area contributed by atoms with Gasteiger partial charge in [0.25, 0.3) is 0 Å². The number of hydrogen-bond donors (Lipinski definition) is 1. The molecule has 1 saturated carbocycles. The minimum Gasteiger partial charge on any atom is -0.496 e. The summed E-state index contributed by atoms with van der Waals surface area (Å²) < 4.78 is 5.88. The lowest BCUT2D eigenvalue weighted by molar-refractivity contribution is -0.136. The van der Waals surface area contributed by atoms with E-state index in [1.54, 1.807) is 7.11 Å². The van der Waals surface area contributed by atoms with E-state index in [4.69, 9.17) is 9.84 Å². The number of carboxylic acids is 1. The molecule has 2 aliphatic rings. The summed E-state index contributed by atoms with van der Waals surface area (Å²) in [6.07, 6.45) is 4.91. The summed E-state index contributed by atoms with van der Waals surface area (Å²) in [6.45, 7) is 4.63. The van der Waals surface area contributed by atoms with Crippen LogP contribution in [0.4, 0.5) is 0 Å². The first kappa shape index (κ1) is 21.5. The van der Waals surface area contributed by atoms with Crippen molar-refractivity contribution in [3.05, 3.63) is 64.2 Å². The minimum absolute atomic E-state index is 0.0290. The van der Waals surface area contributed by atoms with Gasteiger partial charge in [-0.15, -0.1) is 0 Å². The molecule has 1 fully saturated rings. The number of carbonyl (C=O) groups is 1. The van der Waals surface area contributed by atoms with Crippen molar-refractivity contribution in [3.8, 4) is 17.6 Å². The van der Waals surface area contributed by atoms with Gasteiger partial charge in [-0.05, 0) is 73.5 Å². The van der Waals surface area contributed by atoms with E-state index in [9.17, 15) is 4.79 Å². The van der Waals surface area contributed by atoms with Gasteiger partial charge >= 0.3 is 5.97 Å². The summed E-state index contributed by atoms with van der Waals surface area (Å²) in [6, 6.07) is 12.8. The highest BCUT2D eigenvalue weighted by atomic mass is 16.5. The first-order valence-electron chi connectivity index (χ1n) is 11.1.